The summed E-state index contributed by atoms with van der Waals surface area (Å²) < 4.78 is 0. The highest BCUT2D eigenvalue weighted by atomic mass is 15.2. The second kappa shape index (κ2) is 3.96. The summed E-state index contributed by atoms with van der Waals surface area (Å²) in [6, 6.07) is 1.22. The van der Waals surface area contributed by atoms with E-state index in [9.17, 15) is 0 Å². The molecule has 2 nitrogen and oxygen atoms in total. The van der Waals surface area contributed by atoms with Gasteiger partial charge in [0.1, 0.15) is 0 Å². The van der Waals surface area contributed by atoms with Crippen molar-refractivity contribution in [3.63, 3.8) is 0 Å². The van der Waals surface area contributed by atoms with Crippen molar-refractivity contribution in [2.45, 2.75) is 65.5 Å². The summed E-state index contributed by atoms with van der Waals surface area (Å²) in [4.78, 5) is 2.80. The van der Waals surface area contributed by atoms with Crippen LogP contribution in [0.2, 0.25) is 0 Å². The number of piperidine rings is 1. The average molecular weight is 250 g/mol. The van der Waals surface area contributed by atoms with Crippen LogP contribution < -0.4 is 5.73 Å². The Morgan fingerprint density at radius 1 is 1.17 bits per heavy atom. The Kier molecular flexibility index (Phi) is 2.84. The van der Waals surface area contributed by atoms with Crippen LogP contribution in [0, 0.1) is 22.7 Å². The third-order valence-electron chi connectivity index (χ3n) is 6.56. The van der Waals surface area contributed by atoms with Gasteiger partial charge in [0.25, 0.3) is 0 Å². The lowest BCUT2D eigenvalue weighted by Crippen LogP contribution is -2.58. The first-order valence-electron chi connectivity index (χ1n) is 7.84. The molecule has 0 aromatic rings. The van der Waals surface area contributed by atoms with Gasteiger partial charge < -0.3 is 5.73 Å². The number of likely N-dealkylation sites (tertiary alicyclic amines) is 1. The molecule has 104 valence electrons. The maximum absolute atomic E-state index is 6.19. The van der Waals surface area contributed by atoms with Crippen LogP contribution in [0.25, 0.3) is 0 Å². The second-order valence-electron chi connectivity index (χ2n) is 8.24. The molecule has 2 aliphatic carbocycles. The van der Waals surface area contributed by atoms with Gasteiger partial charge in [-0.05, 0) is 54.9 Å². The number of nitrogens with zero attached hydrogens (tertiary/aromatic N) is 1. The fourth-order valence-corrected chi connectivity index (χ4v) is 5.62. The van der Waals surface area contributed by atoms with Crippen molar-refractivity contribution in [2.75, 3.05) is 13.1 Å². The number of hydrogen-bond acceptors (Lipinski definition) is 2. The molecule has 0 aromatic heterocycles. The average Bonchev–Trinajstić information content (AvgIpc) is 2.74. The van der Waals surface area contributed by atoms with E-state index in [1.54, 1.807) is 0 Å². The lowest BCUT2D eigenvalue weighted by Gasteiger charge is -2.51. The highest BCUT2D eigenvalue weighted by molar-refractivity contribution is 5.13. The summed E-state index contributed by atoms with van der Waals surface area (Å²) in [5.74, 6) is 1.62. The van der Waals surface area contributed by atoms with E-state index in [0.29, 0.717) is 22.8 Å². The first-order valence-corrected chi connectivity index (χ1v) is 7.84. The Bertz CT molecular complexity index is 333. The topological polar surface area (TPSA) is 29.3 Å². The van der Waals surface area contributed by atoms with Crippen molar-refractivity contribution in [1.82, 2.24) is 4.90 Å². The number of nitrogens with two attached hydrogens (primary N) is 1. The molecule has 0 amide bonds. The Morgan fingerprint density at radius 2 is 1.89 bits per heavy atom. The summed E-state index contributed by atoms with van der Waals surface area (Å²) in [6.07, 6.45) is 5.56. The maximum atomic E-state index is 6.19. The van der Waals surface area contributed by atoms with E-state index < -0.39 is 0 Å². The van der Waals surface area contributed by atoms with Crippen LogP contribution in [-0.4, -0.2) is 30.1 Å². The third-order valence-corrected chi connectivity index (χ3v) is 6.56. The van der Waals surface area contributed by atoms with Gasteiger partial charge in [-0.25, -0.2) is 0 Å². The van der Waals surface area contributed by atoms with Crippen molar-refractivity contribution >= 4 is 0 Å². The molecule has 1 aliphatic heterocycles. The molecule has 3 aliphatic rings. The number of hydrogen-bond donors (Lipinski definition) is 1. The van der Waals surface area contributed by atoms with E-state index in [1.165, 1.54) is 38.8 Å². The van der Waals surface area contributed by atoms with Crippen LogP contribution in [0.15, 0.2) is 0 Å². The molecule has 2 bridgehead atoms. The fourth-order valence-electron chi connectivity index (χ4n) is 5.62. The smallest absolute Gasteiger partial charge is 0.0203 e. The van der Waals surface area contributed by atoms with Gasteiger partial charge in [0, 0.05) is 18.6 Å². The van der Waals surface area contributed by atoms with Gasteiger partial charge >= 0.3 is 0 Å². The van der Waals surface area contributed by atoms with Crippen LogP contribution in [0.1, 0.15) is 53.4 Å². The molecule has 2 N–H and O–H groups in total. The van der Waals surface area contributed by atoms with Crippen molar-refractivity contribution in [3.05, 3.63) is 0 Å². The molecular weight excluding hydrogens is 220 g/mol. The molecule has 3 fully saturated rings. The van der Waals surface area contributed by atoms with Crippen LogP contribution in [0.4, 0.5) is 0 Å². The minimum absolute atomic E-state index is 0.427. The molecule has 3 rings (SSSR count). The maximum Gasteiger partial charge on any atom is 0.0203 e. The van der Waals surface area contributed by atoms with E-state index in [-0.39, 0.29) is 0 Å². The van der Waals surface area contributed by atoms with Crippen molar-refractivity contribution in [2.24, 2.45) is 28.4 Å². The van der Waals surface area contributed by atoms with Crippen LogP contribution in [-0.2, 0) is 0 Å². The second-order valence-corrected chi connectivity index (χ2v) is 8.24. The molecule has 0 aromatic carbocycles. The molecule has 5 unspecified atom stereocenters. The lowest BCUT2D eigenvalue weighted by molar-refractivity contribution is -0.0205. The predicted octanol–water partition coefficient (Wildman–Crippen LogP) is 2.87. The molecule has 18 heavy (non-hydrogen) atoms. The quantitative estimate of drug-likeness (QED) is 0.775. The largest absolute Gasteiger partial charge is 0.327 e. The van der Waals surface area contributed by atoms with Crippen molar-refractivity contribution in [1.29, 1.82) is 0 Å². The molecule has 0 radical (unpaired) electrons. The monoisotopic (exact) mass is 250 g/mol. The summed E-state index contributed by atoms with van der Waals surface area (Å²) in [5, 5.41) is 0. The minimum atomic E-state index is 0.427. The molecule has 1 saturated heterocycles. The normalized spacial score (nSPS) is 51.8. The summed E-state index contributed by atoms with van der Waals surface area (Å²) in [6.45, 7) is 12.4. The van der Waals surface area contributed by atoms with E-state index in [0.717, 1.165) is 12.0 Å². The first-order chi connectivity index (χ1) is 8.34. The predicted molar refractivity (Wildman–Crippen MR) is 76.3 cm³/mol. The van der Waals surface area contributed by atoms with Crippen molar-refractivity contribution in [3.8, 4) is 0 Å². The molecule has 2 heteroatoms. The molecular formula is C16H30N2. The Labute approximate surface area is 112 Å². The van der Waals surface area contributed by atoms with Gasteiger partial charge in [0.15, 0.2) is 0 Å². The highest BCUT2D eigenvalue weighted by Gasteiger charge is 2.61. The van der Waals surface area contributed by atoms with Gasteiger partial charge in [-0.1, -0.05) is 27.7 Å². The number of fused-ring (bicyclic) bond motifs is 2. The first kappa shape index (κ1) is 12.9. The Hall–Kier alpha value is -0.0800. The van der Waals surface area contributed by atoms with E-state index in [1.807, 2.05) is 0 Å². The standard InChI is InChI=1S/C16H30N2/c1-11-10-18(8-6-13(11)17)14-15(2,3)12-5-7-16(14,4)9-12/h11-14H,5-10,17H2,1-4H3. The van der Waals surface area contributed by atoms with E-state index in [2.05, 4.69) is 32.6 Å². The number of rotatable bonds is 1. The summed E-state index contributed by atoms with van der Waals surface area (Å²) >= 11 is 0. The molecule has 2 saturated carbocycles. The van der Waals surface area contributed by atoms with Gasteiger partial charge in [0.05, 0.1) is 0 Å². The van der Waals surface area contributed by atoms with Crippen molar-refractivity contribution < 1.29 is 0 Å². The SMILES string of the molecule is CC1CN(C2C3(C)CCC(C3)C2(C)C)CCC1N. The van der Waals surface area contributed by atoms with Gasteiger partial charge in [0.2, 0.25) is 0 Å². The minimum Gasteiger partial charge on any atom is -0.327 e. The summed E-state index contributed by atoms with van der Waals surface area (Å²) in [7, 11) is 0. The van der Waals surface area contributed by atoms with Crippen LogP contribution in [0.5, 0.6) is 0 Å². The van der Waals surface area contributed by atoms with Crippen LogP contribution in [0.3, 0.4) is 0 Å². The van der Waals surface area contributed by atoms with Crippen LogP contribution >= 0.6 is 0 Å². The zero-order valence-corrected chi connectivity index (χ0v) is 12.6. The highest BCUT2D eigenvalue weighted by Crippen LogP contribution is 2.64. The van der Waals surface area contributed by atoms with Gasteiger partial charge in [-0.15, -0.1) is 0 Å². The fraction of sp³-hybridized carbons (Fsp3) is 1.00. The third kappa shape index (κ3) is 1.68. The Morgan fingerprint density at radius 3 is 2.44 bits per heavy atom. The summed E-state index contributed by atoms with van der Waals surface area (Å²) in [5.41, 5.74) is 7.28. The zero-order chi connectivity index (χ0) is 13.1. The van der Waals surface area contributed by atoms with Gasteiger partial charge in [-0.3, -0.25) is 4.90 Å². The van der Waals surface area contributed by atoms with Gasteiger partial charge in [-0.2, -0.15) is 0 Å². The lowest BCUT2D eigenvalue weighted by atomic mass is 9.67. The Balaban J connectivity index is 1.83. The molecule has 0 spiro atoms. The molecule has 5 atom stereocenters. The van der Waals surface area contributed by atoms with E-state index in [4.69, 9.17) is 5.73 Å². The van der Waals surface area contributed by atoms with E-state index >= 15 is 0 Å². The zero-order valence-electron chi connectivity index (χ0n) is 12.6. The molecule has 1 heterocycles.